The van der Waals surface area contributed by atoms with E-state index in [0.29, 0.717) is 37.1 Å². The predicted molar refractivity (Wildman–Crippen MR) is 139 cm³/mol. The monoisotopic (exact) mass is 557 g/mol. The lowest BCUT2D eigenvalue weighted by Crippen LogP contribution is -2.42. The van der Waals surface area contributed by atoms with E-state index < -0.39 is 0 Å². The standard InChI is InChI=1S/C26H25BrClN3O2S/c27-21-6-3-5-18(12-21)23-16-34-25(29-23)17-8-10-30(11-9-17)26(33)20-13-24(32)31(15-20)14-19-4-1-2-7-22(19)28/h1-7,12,16-17,20H,8-11,13-15H2. The molecule has 2 aromatic carbocycles. The highest BCUT2D eigenvalue weighted by molar-refractivity contribution is 9.10. The second kappa shape index (κ2) is 10.2. The van der Waals surface area contributed by atoms with Gasteiger partial charge >= 0.3 is 0 Å². The number of nitrogens with zero attached hydrogens (tertiary/aromatic N) is 3. The van der Waals surface area contributed by atoms with Crippen molar-refractivity contribution in [3.05, 3.63) is 74.0 Å². The van der Waals surface area contributed by atoms with E-state index in [1.54, 1.807) is 16.2 Å². The number of halogens is 2. The molecule has 2 aliphatic rings. The van der Waals surface area contributed by atoms with Crippen molar-refractivity contribution in [1.82, 2.24) is 14.8 Å². The third-order valence-corrected chi connectivity index (χ3v) is 8.55. The lowest BCUT2D eigenvalue weighted by atomic mass is 9.96. The van der Waals surface area contributed by atoms with E-state index in [-0.39, 0.29) is 24.2 Å². The van der Waals surface area contributed by atoms with Crippen molar-refractivity contribution < 1.29 is 9.59 Å². The fourth-order valence-electron chi connectivity index (χ4n) is 4.78. The predicted octanol–water partition coefficient (Wildman–Crippen LogP) is 5.98. The van der Waals surface area contributed by atoms with Crippen LogP contribution in [0.5, 0.6) is 0 Å². The molecule has 3 heterocycles. The van der Waals surface area contributed by atoms with Crippen LogP contribution < -0.4 is 0 Å². The molecule has 5 nitrogen and oxygen atoms in total. The average molecular weight is 559 g/mol. The molecule has 1 aromatic heterocycles. The highest BCUT2D eigenvalue weighted by Gasteiger charge is 2.38. The Balaban J connectivity index is 1.16. The Morgan fingerprint density at radius 2 is 1.94 bits per heavy atom. The van der Waals surface area contributed by atoms with Gasteiger partial charge in [0.1, 0.15) is 0 Å². The molecule has 176 valence electrons. The first-order chi connectivity index (χ1) is 16.5. The first kappa shape index (κ1) is 23.5. The van der Waals surface area contributed by atoms with Gasteiger partial charge in [-0.25, -0.2) is 4.98 Å². The maximum Gasteiger partial charge on any atom is 0.227 e. The van der Waals surface area contributed by atoms with Gasteiger partial charge < -0.3 is 9.80 Å². The molecular formula is C26H25BrClN3O2S. The molecule has 0 bridgehead atoms. The van der Waals surface area contributed by atoms with E-state index in [1.807, 2.05) is 41.3 Å². The van der Waals surface area contributed by atoms with Crippen molar-refractivity contribution in [2.24, 2.45) is 5.92 Å². The number of hydrogen-bond donors (Lipinski definition) is 0. The van der Waals surface area contributed by atoms with E-state index in [1.165, 1.54) is 0 Å². The molecule has 0 N–H and O–H groups in total. The molecule has 2 amide bonds. The van der Waals surface area contributed by atoms with E-state index in [9.17, 15) is 9.59 Å². The van der Waals surface area contributed by atoms with Gasteiger partial charge in [0.2, 0.25) is 11.8 Å². The van der Waals surface area contributed by atoms with E-state index >= 15 is 0 Å². The Labute approximate surface area is 216 Å². The first-order valence-electron chi connectivity index (χ1n) is 11.5. The minimum atomic E-state index is -0.269. The zero-order valence-corrected chi connectivity index (χ0v) is 21.8. The number of benzene rings is 2. The molecule has 0 radical (unpaired) electrons. The molecule has 0 spiro atoms. The molecule has 2 saturated heterocycles. The van der Waals surface area contributed by atoms with Crippen LogP contribution in [-0.4, -0.2) is 46.2 Å². The number of amides is 2. The Bertz CT molecular complexity index is 1210. The second-order valence-electron chi connectivity index (χ2n) is 8.95. The van der Waals surface area contributed by atoms with E-state index in [0.717, 1.165) is 39.1 Å². The zero-order chi connectivity index (χ0) is 23.7. The molecule has 8 heteroatoms. The van der Waals surface area contributed by atoms with Crippen LogP contribution in [0, 0.1) is 5.92 Å². The SMILES string of the molecule is O=C1CC(C(=O)N2CCC(c3nc(-c4cccc(Br)c4)cs3)CC2)CN1Cc1ccccc1Cl. The fourth-order valence-corrected chi connectivity index (χ4v) is 6.38. The Hall–Kier alpha value is -2.22. The zero-order valence-electron chi connectivity index (χ0n) is 18.6. The summed E-state index contributed by atoms with van der Waals surface area (Å²) in [4.78, 5) is 34.3. The van der Waals surface area contributed by atoms with Crippen molar-refractivity contribution >= 4 is 50.7 Å². The third-order valence-electron chi connectivity index (χ3n) is 6.68. The van der Waals surface area contributed by atoms with Crippen LogP contribution in [0.4, 0.5) is 0 Å². The molecule has 0 aliphatic carbocycles. The topological polar surface area (TPSA) is 53.5 Å². The molecule has 5 rings (SSSR count). The molecule has 34 heavy (non-hydrogen) atoms. The van der Waals surface area contributed by atoms with Gasteiger partial charge in [-0.1, -0.05) is 57.9 Å². The number of carbonyl (C=O) groups is 2. The quantitative estimate of drug-likeness (QED) is 0.387. The number of rotatable bonds is 5. The number of likely N-dealkylation sites (tertiary alicyclic amines) is 2. The van der Waals surface area contributed by atoms with Gasteiger partial charge in [-0.2, -0.15) is 0 Å². The number of aromatic nitrogens is 1. The van der Waals surface area contributed by atoms with Gasteiger partial charge in [0.05, 0.1) is 16.6 Å². The number of carbonyl (C=O) groups excluding carboxylic acids is 2. The van der Waals surface area contributed by atoms with Crippen LogP contribution in [0.2, 0.25) is 5.02 Å². The molecule has 0 saturated carbocycles. The van der Waals surface area contributed by atoms with Crippen molar-refractivity contribution in [2.75, 3.05) is 19.6 Å². The van der Waals surface area contributed by atoms with Gasteiger partial charge in [0, 0.05) is 59.0 Å². The number of piperidine rings is 1. The van der Waals surface area contributed by atoms with Gasteiger partial charge in [0.25, 0.3) is 0 Å². The van der Waals surface area contributed by atoms with Crippen molar-refractivity contribution in [3.8, 4) is 11.3 Å². The van der Waals surface area contributed by atoms with Crippen LogP contribution in [0.25, 0.3) is 11.3 Å². The van der Waals surface area contributed by atoms with E-state index in [4.69, 9.17) is 16.6 Å². The van der Waals surface area contributed by atoms with Crippen LogP contribution in [-0.2, 0) is 16.1 Å². The molecule has 1 unspecified atom stereocenters. The van der Waals surface area contributed by atoms with Gasteiger partial charge in [-0.15, -0.1) is 11.3 Å². The Kier molecular flexibility index (Phi) is 7.04. The number of hydrogen-bond acceptors (Lipinski definition) is 4. The summed E-state index contributed by atoms with van der Waals surface area (Å²) in [5, 5.41) is 3.91. The molecule has 1 atom stereocenters. The Morgan fingerprint density at radius 1 is 1.15 bits per heavy atom. The lowest BCUT2D eigenvalue weighted by Gasteiger charge is -2.32. The summed E-state index contributed by atoms with van der Waals surface area (Å²) in [5.74, 6) is 0.227. The summed E-state index contributed by atoms with van der Waals surface area (Å²) in [6.07, 6.45) is 2.09. The minimum Gasteiger partial charge on any atom is -0.342 e. The van der Waals surface area contributed by atoms with Gasteiger partial charge in [-0.05, 0) is 36.6 Å². The smallest absolute Gasteiger partial charge is 0.227 e. The second-order valence-corrected chi connectivity index (χ2v) is 11.2. The van der Waals surface area contributed by atoms with Crippen LogP contribution in [0.3, 0.4) is 0 Å². The fraction of sp³-hybridized carbons (Fsp3) is 0.346. The average Bonchev–Trinajstić information content (AvgIpc) is 3.48. The van der Waals surface area contributed by atoms with E-state index in [2.05, 4.69) is 33.4 Å². The summed E-state index contributed by atoms with van der Waals surface area (Å²) >= 11 is 11.5. The highest BCUT2D eigenvalue weighted by atomic mass is 79.9. The van der Waals surface area contributed by atoms with Crippen LogP contribution in [0.15, 0.2) is 58.4 Å². The maximum absolute atomic E-state index is 13.2. The first-order valence-corrected chi connectivity index (χ1v) is 13.5. The summed E-state index contributed by atoms with van der Waals surface area (Å²) in [6.45, 7) is 2.34. The van der Waals surface area contributed by atoms with Crippen LogP contribution >= 0.6 is 38.9 Å². The third kappa shape index (κ3) is 5.07. The maximum atomic E-state index is 13.2. The molecule has 2 fully saturated rings. The molecular weight excluding hydrogens is 534 g/mol. The summed E-state index contributed by atoms with van der Waals surface area (Å²) in [5.41, 5.74) is 3.02. The summed E-state index contributed by atoms with van der Waals surface area (Å²) < 4.78 is 1.04. The molecule has 3 aromatic rings. The minimum absolute atomic E-state index is 0.0241. The van der Waals surface area contributed by atoms with Crippen molar-refractivity contribution in [3.63, 3.8) is 0 Å². The Morgan fingerprint density at radius 3 is 2.71 bits per heavy atom. The highest BCUT2D eigenvalue weighted by Crippen LogP contribution is 2.34. The summed E-state index contributed by atoms with van der Waals surface area (Å²) in [7, 11) is 0. The normalized spacial score (nSPS) is 19.1. The molecule has 2 aliphatic heterocycles. The van der Waals surface area contributed by atoms with Crippen molar-refractivity contribution in [1.29, 1.82) is 0 Å². The van der Waals surface area contributed by atoms with Gasteiger partial charge in [0.15, 0.2) is 0 Å². The number of thiazole rings is 1. The van der Waals surface area contributed by atoms with Crippen molar-refractivity contribution in [2.45, 2.75) is 31.7 Å². The lowest BCUT2D eigenvalue weighted by molar-refractivity contribution is -0.136. The largest absolute Gasteiger partial charge is 0.342 e. The summed E-state index contributed by atoms with van der Waals surface area (Å²) in [6, 6.07) is 15.7. The van der Waals surface area contributed by atoms with Crippen LogP contribution in [0.1, 0.15) is 35.8 Å². The van der Waals surface area contributed by atoms with Gasteiger partial charge in [-0.3, -0.25) is 9.59 Å².